The van der Waals surface area contributed by atoms with Gasteiger partial charge in [-0.15, -0.1) is 0 Å². The molecule has 3 heteroatoms. The zero-order valence-corrected chi connectivity index (χ0v) is 10.7. The predicted octanol–water partition coefficient (Wildman–Crippen LogP) is 3.43. The Morgan fingerprint density at radius 2 is 1.63 bits per heavy atom. The molecule has 0 fully saturated rings. The van der Waals surface area contributed by atoms with Crippen molar-refractivity contribution in [3.05, 3.63) is 66.2 Å². The normalized spacial score (nSPS) is 10.6. The van der Waals surface area contributed by atoms with Crippen LogP contribution in [0.3, 0.4) is 0 Å². The standard InChI is InChI=1S/C16H15N3/c1-12-7-9-14(10-8-12)19-16(17)11-15(18-19)13-5-3-2-4-6-13/h2-11H,17H2,1H3. The summed E-state index contributed by atoms with van der Waals surface area (Å²) in [7, 11) is 0. The van der Waals surface area contributed by atoms with Gasteiger partial charge >= 0.3 is 0 Å². The van der Waals surface area contributed by atoms with Crippen molar-refractivity contribution in [2.45, 2.75) is 6.92 Å². The van der Waals surface area contributed by atoms with Crippen molar-refractivity contribution in [1.29, 1.82) is 0 Å². The summed E-state index contributed by atoms with van der Waals surface area (Å²) in [4.78, 5) is 0. The number of anilines is 1. The molecule has 0 radical (unpaired) electrons. The van der Waals surface area contributed by atoms with Crippen LogP contribution in [0.5, 0.6) is 0 Å². The average molecular weight is 249 g/mol. The molecule has 3 rings (SSSR count). The van der Waals surface area contributed by atoms with Crippen molar-refractivity contribution in [2.75, 3.05) is 5.73 Å². The van der Waals surface area contributed by atoms with Crippen molar-refractivity contribution in [3.8, 4) is 16.9 Å². The second kappa shape index (κ2) is 4.61. The first kappa shape index (κ1) is 11.5. The molecule has 94 valence electrons. The van der Waals surface area contributed by atoms with E-state index in [0.29, 0.717) is 5.82 Å². The van der Waals surface area contributed by atoms with Crippen molar-refractivity contribution in [2.24, 2.45) is 0 Å². The Morgan fingerprint density at radius 3 is 2.32 bits per heavy atom. The summed E-state index contributed by atoms with van der Waals surface area (Å²) >= 11 is 0. The monoisotopic (exact) mass is 249 g/mol. The van der Waals surface area contributed by atoms with E-state index in [2.05, 4.69) is 24.2 Å². The van der Waals surface area contributed by atoms with Crippen molar-refractivity contribution < 1.29 is 0 Å². The highest BCUT2D eigenvalue weighted by Crippen LogP contribution is 2.22. The summed E-state index contributed by atoms with van der Waals surface area (Å²) in [5.74, 6) is 0.641. The van der Waals surface area contributed by atoms with Crippen LogP contribution in [0, 0.1) is 6.92 Å². The summed E-state index contributed by atoms with van der Waals surface area (Å²) < 4.78 is 1.77. The molecule has 1 aromatic heterocycles. The number of rotatable bonds is 2. The van der Waals surface area contributed by atoms with E-state index < -0.39 is 0 Å². The molecule has 0 aliphatic carbocycles. The van der Waals surface area contributed by atoms with E-state index in [1.165, 1.54) is 5.56 Å². The van der Waals surface area contributed by atoms with Gasteiger partial charge in [0.15, 0.2) is 0 Å². The van der Waals surface area contributed by atoms with Gasteiger partial charge in [-0.25, -0.2) is 4.68 Å². The molecule has 1 heterocycles. The second-order valence-corrected chi connectivity index (χ2v) is 4.57. The highest BCUT2D eigenvalue weighted by Gasteiger charge is 2.08. The van der Waals surface area contributed by atoms with Crippen LogP contribution in [0.25, 0.3) is 16.9 Å². The van der Waals surface area contributed by atoms with Gasteiger partial charge in [-0.05, 0) is 19.1 Å². The molecule has 0 bridgehead atoms. The number of aromatic nitrogens is 2. The maximum Gasteiger partial charge on any atom is 0.127 e. The van der Waals surface area contributed by atoms with Gasteiger partial charge in [0.25, 0.3) is 0 Å². The third-order valence-electron chi connectivity index (χ3n) is 3.09. The molecule has 0 amide bonds. The van der Waals surface area contributed by atoms with E-state index in [-0.39, 0.29) is 0 Å². The zero-order chi connectivity index (χ0) is 13.2. The van der Waals surface area contributed by atoms with Crippen molar-refractivity contribution >= 4 is 5.82 Å². The molecule has 0 unspecified atom stereocenters. The molecular formula is C16H15N3. The van der Waals surface area contributed by atoms with Gasteiger partial charge in [0, 0.05) is 11.6 Å². The molecular weight excluding hydrogens is 234 g/mol. The number of hydrogen-bond acceptors (Lipinski definition) is 2. The van der Waals surface area contributed by atoms with Gasteiger partial charge in [-0.1, -0.05) is 48.0 Å². The van der Waals surface area contributed by atoms with Crippen LogP contribution >= 0.6 is 0 Å². The molecule has 0 spiro atoms. The quantitative estimate of drug-likeness (QED) is 0.756. The summed E-state index contributed by atoms with van der Waals surface area (Å²) in [5.41, 5.74) is 10.2. The third kappa shape index (κ3) is 2.22. The van der Waals surface area contributed by atoms with Crippen LogP contribution in [0.4, 0.5) is 5.82 Å². The van der Waals surface area contributed by atoms with E-state index in [1.54, 1.807) is 4.68 Å². The number of aryl methyl sites for hydroxylation is 1. The number of nitrogens with zero attached hydrogens (tertiary/aromatic N) is 2. The number of hydrogen-bond donors (Lipinski definition) is 1. The third-order valence-corrected chi connectivity index (χ3v) is 3.09. The summed E-state index contributed by atoms with van der Waals surface area (Å²) in [6.07, 6.45) is 0. The highest BCUT2D eigenvalue weighted by atomic mass is 15.3. The molecule has 0 atom stereocenters. The Balaban J connectivity index is 2.05. The van der Waals surface area contributed by atoms with Crippen LogP contribution in [0.2, 0.25) is 0 Å². The van der Waals surface area contributed by atoms with E-state index in [1.807, 2.05) is 48.5 Å². The molecule has 2 N–H and O–H groups in total. The van der Waals surface area contributed by atoms with Crippen LogP contribution in [-0.2, 0) is 0 Å². The first-order valence-corrected chi connectivity index (χ1v) is 6.22. The minimum atomic E-state index is 0.641. The number of nitrogens with two attached hydrogens (primary N) is 1. The Kier molecular flexibility index (Phi) is 2.80. The van der Waals surface area contributed by atoms with E-state index in [4.69, 9.17) is 5.73 Å². The Bertz CT molecular complexity index is 682. The fraction of sp³-hybridized carbons (Fsp3) is 0.0625. The van der Waals surface area contributed by atoms with E-state index in [9.17, 15) is 0 Å². The van der Waals surface area contributed by atoms with Crippen molar-refractivity contribution in [3.63, 3.8) is 0 Å². The van der Waals surface area contributed by atoms with Crippen LogP contribution in [0.1, 0.15) is 5.56 Å². The maximum absolute atomic E-state index is 6.05. The number of nitrogen functional groups attached to an aromatic ring is 1. The molecule has 0 saturated carbocycles. The topological polar surface area (TPSA) is 43.8 Å². The van der Waals surface area contributed by atoms with Gasteiger partial charge < -0.3 is 5.73 Å². The van der Waals surface area contributed by atoms with Gasteiger partial charge in [0.2, 0.25) is 0 Å². The summed E-state index contributed by atoms with van der Waals surface area (Å²) in [6.45, 7) is 2.06. The lowest BCUT2D eigenvalue weighted by atomic mass is 10.2. The molecule has 2 aromatic carbocycles. The zero-order valence-electron chi connectivity index (χ0n) is 10.7. The fourth-order valence-corrected chi connectivity index (χ4v) is 2.04. The van der Waals surface area contributed by atoms with Gasteiger partial charge in [-0.2, -0.15) is 5.10 Å². The van der Waals surface area contributed by atoms with E-state index >= 15 is 0 Å². The lowest BCUT2D eigenvalue weighted by Gasteiger charge is -2.03. The largest absolute Gasteiger partial charge is 0.384 e. The van der Waals surface area contributed by atoms with Gasteiger partial charge in [0.05, 0.1) is 11.4 Å². The smallest absolute Gasteiger partial charge is 0.127 e. The lowest BCUT2D eigenvalue weighted by Crippen LogP contribution is -2.01. The van der Waals surface area contributed by atoms with Crippen LogP contribution in [-0.4, -0.2) is 9.78 Å². The minimum Gasteiger partial charge on any atom is -0.384 e. The Labute approximate surface area is 112 Å². The highest BCUT2D eigenvalue weighted by molar-refractivity contribution is 5.63. The Morgan fingerprint density at radius 1 is 0.947 bits per heavy atom. The van der Waals surface area contributed by atoms with E-state index in [0.717, 1.165) is 16.9 Å². The summed E-state index contributed by atoms with van der Waals surface area (Å²) in [5, 5.41) is 4.57. The number of benzene rings is 2. The second-order valence-electron chi connectivity index (χ2n) is 4.57. The first-order chi connectivity index (χ1) is 9.24. The SMILES string of the molecule is Cc1ccc(-n2nc(-c3ccccc3)cc2N)cc1. The van der Waals surface area contributed by atoms with Crippen molar-refractivity contribution in [1.82, 2.24) is 9.78 Å². The predicted molar refractivity (Wildman–Crippen MR) is 78.1 cm³/mol. The molecule has 0 saturated heterocycles. The van der Waals surface area contributed by atoms with Crippen LogP contribution in [0.15, 0.2) is 60.7 Å². The lowest BCUT2D eigenvalue weighted by molar-refractivity contribution is 0.894. The molecule has 3 aromatic rings. The fourth-order valence-electron chi connectivity index (χ4n) is 2.04. The molecule has 0 aliphatic rings. The first-order valence-electron chi connectivity index (χ1n) is 6.22. The molecule has 19 heavy (non-hydrogen) atoms. The average Bonchev–Trinajstić information content (AvgIpc) is 2.83. The molecule has 3 nitrogen and oxygen atoms in total. The van der Waals surface area contributed by atoms with Gasteiger partial charge in [0.1, 0.15) is 5.82 Å². The Hall–Kier alpha value is -2.55. The maximum atomic E-state index is 6.05. The molecule has 0 aliphatic heterocycles. The minimum absolute atomic E-state index is 0.641. The van der Waals surface area contributed by atoms with Crippen LogP contribution < -0.4 is 5.73 Å². The summed E-state index contributed by atoms with van der Waals surface area (Å²) in [6, 6.07) is 20.1. The van der Waals surface area contributed by atoms with Gasteiger partial charge in [-0.3, -0.25) is 0 Å².